The molecule has 0 aliphatic carbocycles. The van der Waals surface area contributed by atoms with Crippen LogP contribution in [0, 0.1) is 12.8 Å². The molecular formula is C15H25N. The minimum absolute atomic E-state index is 0.466. The van der Waals surface area contributed by atoms with Crippen molar-refractivity contribution in [3.8, 4) is 0 Å². The molecule has 0 unspecified atom stereocenters. The minimum atomic E-state index is 0.466. The van der Waals surface area contributed by atoms with Crippen molar-refractivity contribution in [2.45, 2.75) is 46.6 Å². The van der Waals surface area contributed by atoms with Gasteiger partial charge in [-0.3, -0.25) is 0 Å². The molecule has 0 radical (unpaired) electrons. The maximum atomic E-state index is 3.57. The Morgan fingerprint density at radius 1 is 1.06 bits per heavy atom. The van der Waals surface area contributed by atoms with Crippen LogP contribution < -0.4 is 5.32 Å². The second-order valence-electron chi connectivity index (χ2n) is 5.12. The third-order valence-corrected chi connectivity index (χ3v) is 2.99. The van der Waals surface area contributed by atoms with Crippen LogP contribution in [-0.4, -0.2) is 6.54 Å². The number of hydrogen-bond acceptors (Lipinski definition) is 1. The highest BCUT2D eigenvalue weighted by Crippen LogP contribution is 2.13. The van der Waals surface area contributed by atoms with E-state index in [1.807, 2.05) is 0 Å². The van der Waals surface area contributed by atoms with Gasteiger partial charge in [-0.2, -0.15) is 0 Å². The standard InChI is InChI=1S/C15H25N/c1-12(2)6-5-11-16-14(4)15-9-7-13(3)8-10-15/h7-10,12,14,16H,5-6,11H2,1-4H3/t14-/m1/s1. The summed E-state index contributed by atoms with van der Waals surface area (Å²) in [5, 5.41) is 3.57. The predicted octanol–water partition coefficient (Wildman–Crippen LogP) is 4.08. The fourth-order valence-electron chi connectivity index (χ4n) is 1.80. The normalized spacial score (nSPS) is 13.1. The van der Waals surface area contributed by atoms with Gasteiger partial charge in [0.05, 0.1) is 0 Å². The summed E-state index contributed by atoms with van der Waals surface area (Å²) in [6.45, 7) is 10.0. The van der Waals surface area contributed by atoms with Crippen molar-refractivity contribution in [1.29, 1.82) is 0 Å². The Morgan fingerprint density at radius 2 is 1.69 bits per heavy atom. The molecule has 1 heteroatoms. The molecular weight excluding hydrogens is 194 g/mol. The third-order valence-electron chi connectivity index (χ3n) is 2.99. The van der Waals surface area contributed by atoms with Crippen molar-refractivity contribution in [2.24, 2.45) is 5.92 Å². The van der Waals surface area contributed by atoms with Crippen LogP contribution in [0.4, 0.5) is 0 Å². The fourth-order valence-corrected chi connectivity index (χ4v) is 1.80. The molecule has 0 spiro atoms. The molecule has 1 aromatic carbocycles. The van der Waals surface area contributed by atoms with Gasteiger partial charge in [-0.1, -0.05) is 43.7 Å². The van der Waals surface area contributed by atoms with Gasteiger partial charge in [0.15, 0.2) is 0 Å². The molecule has 1 atom stereocenters. The van der Waals surface area contributed by atoms with Gasteiger partial charge < -0.3 is 5.32 Å². The smallest absolute Gasteiger partial charge is 0.0291 e. The van der Waals surface area contributed by atoms with Crippen LogP contribution >= 0.6 is 0 Å². The zero-order valence-corrected chi connectivity index (χ0v) is 11.1. The van der Waals surface area contributed by atoms with Gasteiger partial charge in [-0.15, -0.1) is 0 Å². The van der Waals surface area contributed by atoms with E-state index in [1.54, 1.807) is 0 Å². The van der Waals surface area contributed by atoms with Crippen LogP contribution in [0.2, 0.25) is 0 Å². The van der Waals surface area contributed by atoms with E-state index >= 15 is 0 Å². The lowest BCUT2D eigenvalue weighted by Gasteiger charge is -2.15. The lowest BCUT2D eigenvalue weighted by atomic mass is 10.1. The van der Waals surface area contributed by atoms with Crippen LogP contribution in [0.5, 0.6) is 0 Å². The number of rotatable bonds is 6. The highest BCUT2D eigenvalue weighted by molar-refractivity contribution is 5.23. The first kappa shape index (κ1) is 13.2. The van der Waals surface area contributed by atoms with Crippen LogP contribution in [-0.2, 0) is 0 Å². The highest BCUT2D eigenvalue weighted by Gasteiger charge is 2.03. The SMILES string of the molecule is Cc1ccc([C@@H](C)NCCCC(C)C)cc1. The quantitative estimate of drug-likeness (QED) is 0.711. The molecule has 1 aromatic rings. The first-order chi connectivity index (χ1) is 7.59. The van der Waals surface area contributed by atoms with E-state index in [0.717, 1.165) is 12.5 Å². The van der Waals surface area contributed by atoms with E-state index in [-0.39, 0.29) is 0 Å². The maximum Gasteiger partial charge on any atom is 0.0291 e. The first-order valence-corrected chi connectivity index (χ1v) is 6.39. The summed E-state index contributed by atoms with van der Waals surface area (Å²) in [7, 11) is 0. The summed E-state index contributed by atoms with van der Waals surface area (Å²) in [6.07, 6.45) is 2.58. The van der Waals surface area contributed by atoms with Crippen molar-refractivity contribution in [3.05, 3.63) is 35.4 Å². The maximum absolute atomic E-state index is 3.57. The number of aryl methyl sites for hydroxylation is 1. The molecule has 0 bridgehead atoms. The van der Waals surface area contributed by atoms with E-state index in [9.17, 15) is 0 Å². The van der Waals surface area contributed by atoms with Crippen LogP contribution in [0.3, 0.4) is 0 Å². The van der Waals surface area contributed by atoms with Crippen molar-refractivity contribution >= 4 is 0 Å². The van der Waals surface area contributed by atoms with Gasteiger partial charge in [0, 0.05) is 6.04 Å². The summed E-state index contributed by atoms with van der Waals surface area (Å²) in [5.41, 5.74) is 2.71. The molecule has 0 heterocycles. The summed E-state index contributed by atoms with van der Waals surface area (Å²) >= 11 is 0. The van der Waals surface area contributed by atoms with E-state index in [0.29, 0.717) is 6.04 Å². The monoisotopic (exact) mass is 219 g/mol. The summed E-state index contributed by atoms with van der Waals surface area (Å²) in [5.74, 6) is 0.816. The molecule has 90 valence electrons. The van der Waals surface area contributed by atoms with Crippen molar-refractivity contribution < 1.29 is 0 Å². The molecule has 0 aromatic heterocycles. The van der Waals surface area contributed by atoms with Gasteiger partial charge in [0.2, 0.25) is 0 Å². The Hall–Kier alpha value is -0.820. The molecule has 1 N–H and O–H groups in total. The lowest BCUT2D eigenvalue weighted by Crippen LogP contribution is -2.20. The number of hydrogen-bond donors (Lipinski definition) is 1. The summed E-state index contributed by atoms with van der Waals surface area (Å²) < 4.78 is 0. The first-order valence-electron chi connectivity index (χ1n) is 6.39. The molecule has 0 fully saturated rings. The number of benzene rings is 1. The van der Waals surface area contributed by atoms with Gasteiger partial charge >= 0.3 is 0 Å². The highest BCUT2D eigenvalue weighted by atomic mass is 14.9. The second kappa shape index (κ2) is 6.70. The van der Waals surface area contributed by atoms with Gasteiger partial charge in [0.1, 0.15) is 0 Å². The summed E-state index contributed by atoms with van der Waals surface area (Å²) in [4.78, 5) is 0. The molecule has 0 saturated carbocycles. The van der Waals surface area contributed by atoms with Crippen LogP contribution in [0.15, 0.2) is 24.3 Å². The molecule has 0 aliphatic heterocycles. The minimum Gasteiger partial charge on any atom is -0.310 e. The Bertz CT molecular complexity index is 287. The molecule has 0 saturated heterocycles. The van der Waals surface area contributed by atoms with Crippen LogP contribution in [0.1, 0.15) is 50.8 Å². The van der Waals surface area contributed by atoms with E-state index < -0.39 is 0 Å². The fraction of sp³-hybridized carbons (Fsp3) is 0.600. The van der Waals surface area contributed by atoms with E-state index in [4.69, 9.17) is 0 Å². The van der Waals surface area contributed by atoms with Gasteiger partial charge in [-0.05, 0) is 44.7 Å². The van der Waals surface area contributed by atoms with Crippen molar-refractivity contribution in [1.82, 2.24) is 5.32 Å². The largest absolute Gasteiger partial charge is 0.310 e. The zero-order valence-electron chi connectivity index (χ0n) is 11.1. The summed E-state index contributed by atoms with van der Waals surface area (Å²) in [6, 6.07) is 9.27. The number of nitrogens with one attached hydrogen (secondary N) is 1. The van der Waals surface area contributed by atoms with Crippen molar-refractivity contribution in [3.63, 3.8) is 0 Å². The average molecular weight is 219 g/mol. The topological polar surface area (TPSA) is 12.0 Å². The Balaban J connectivity index is 2.29. The lowest BCUT2D eigenvalue weighted by molar-refractivity contribution is 0.497. The molecule has 0 aliphatic rings. The van der Waals surface area contributed by atoms with E-state index in [2.05, 4.69) is 57.3 Å². The molecule has 0 amide bonds. The van der Waals surface area contributed by atoms with Crippen molar-refractivity contribution in [2.75, 3.05) is 6.54 Å². The van der Waals surface area contributed by atoms with E-state index in [1.165, 1.54) is 24.0 Å². The Kier molecular flexibility index (Phi) is 5.54. The third kappa shape index (κ3) is 4.80. The predicted molar refractivity (Wildman–Crippen MR) is 71.7 cm³/mol. The zero-order chi connectivity index (χ0) is 12.0. The molecule has 16 heavy (non-hydrogen) atoms. The average Bonchev–Trinajstić information content (AvgIpc) is 2.25. The van der Waals surface area contributed by atoms with Gasteiger partial charge in [0.25, 0.3) is 0 Å². The Morgan fingerprint density at radius 3 is 2.25 bits per heavy atom. The van der Waals surface area contributed by atoms with Crippen LogP contribution in [0.25, 0.3) is 0 Å². The molecule has 1 rings (SSSR count). The Labute approximate surface area is 100 Å². The van der Waals surface area contributed by atoms with Gasteiger partial charge in [-0.25, -0.2) is 0 Å². The second-order valence-corrected chi connectivity index (χ2v) is 5.12. The molecule has 1 nitrogen and oxygen atoms in total.